The van der Waals surface area contributed by atoms with Gasteiger partial charge in [-0.1, -0.05) is 6.07 Å². The third-order valence-electron chi connectivity index (χ3n) is 4.66. The molecule has 1 atom stereocenters. The van der Waals surface area contributed by atoms with Gasteiger partial charge in [0.05, 0.1) is 18.6 Å². The number of halogens is 2. The molecule has 1 fully saturated rings. The molecular weight excluding hydrogens is 332 g/mol. The summed E-state index contributed by atoms with van der Waals surface area (Å²) >= 11 is 0. The van der Waals surface area contributed by atoms with E-state index in [-0.39, 0.29) is 23.5 Å². The Hall–Kier alpha value is -2.48. The molecule has 1 aromatic heterocycles. The van der Waals surface area contributed by atoms with Gasteiger partial charge in [0.15, 0.2) is 0 Å². The standard InChI is InChI=1S/C17H19F2N3O3/c1-8-13(17(25)22-21-8)7-15(24)20-16(9-4-11(23)5-9)12-3-2-10(18)6-14(12)19/h2-3,6,9,11,16,23H,4-5,7H2,1H3,(H,20,24)(H2,21,22,25)/t9?,11?,16-/m1/s1. The van der Waals surface area contributed by atoms with Crippen LogP contribution in [0.15, 0.2) is 23.0 Å². The summed E-state index contributed by atoms with van der Waals surface area (Å²) < 4.78 is 27.3. The van der Waals surface area contributed by atoms with E-state index >= 15 is 0 Å². The maximum absolute atomic E-state index is 14.2. The molecule has 25 heavy (non-hydrogen) atoms. The first-order valence-corrected chi connectivity index (χ1v) is 8.03. The summed E-state index contributed by atoms with van der Waals surface area (Å²) in [5.74, 6) is -2.04. The Kier molecular flexibility index (Phi) is 4.71. The second-order valence-corrected chi connectivity index (χ2v) is 6.46. The predicted octanol–water partition coefficient (Wildman–Crippen LogP) is 1.46. The van der Waals surface area contributed by atoms with Crippen LogP contribution >= 0.6 is 0 Å². The Morgan fingerprint density at radius 2 is 2.08 bits per heavy atom. The Morgan fingerprint density at radius 1 is 1.36 bits per heavy atom. The fourth-order valence-corrected chi connectivity index (χ4v) is 3.17. The second-order valence-electron chi connectivity index (χ2n) is 6.46. The third kappa shape index (κ3) is 3.63. The van der Waals surface area contributed by atoms with Crippen LogP contribution in [0.4, 0.5) is 8.78 Å². The SMILES string of the molecule is Cc1[nH][nH]c(=O)c1CC(=O)N[C@@H](c1ccc(F)cc1F)C1CC(O)C1. The molecule has 0 aliphatic heterocycles. The number of H-pyrrole nitrogens is 2. The van der Waals surface area contributed by atoms with E-state index in [2.05, 4.69) is 15.5 Å². The van der Waals surface area contributed by atoms with Gasteiger partial charge in [-0.25, -0.2) is 8.78 Å². The number of aromatic nitrogens is 2. The minimum absolute atomic E-state index is 0.149. The Morgan fingerprint density at radius 3 is 2.64 bits per heavy atom. The van der Waals surface area contributed by atoms with Gasteiger partial charge in [-0.3, -0.25) is 14.7 Å². The summed E-state index contributed by atoms with van der Waals surface area (Å²) in [6.07, 6.45) is 0.207. The predicted molar refractivity (Wildman–Crippen MR) is 85.8 cm³/mol. The largest absolute Gasteiger partial charge is 0.393 e. The van der Waals surface area contributed by atoms with Gasteiger partial charge in [0.1, 0.15) is 11.6 Å². The number of aliphatic hydroxyl groups excluding tert-OH is 1. The van der Waals surface area contributed by atoms with Crippen LogP contribution in [0.2, 0.25) is 0 Å². The van der Waals surface area contributed by atoms with E-state index in [1.54, 1.807) is 6.92 Å². The van der Waals surface area contributed by atoms with Crippen LogP contribution in [-0.4, -0.2) is 27.3 Å². The van der Waals surface area contributed by atoms with E-state index in [9.17, 15) is 23.5 Å². The van der Waals surface area contributed by atoms with Gasteiger partial charge in [-0.05, 0) is 31.7 Å². The number of aryl methyl sites for hydroxylation is 1. The minimum atomic E-state index is -0.748. The molecule has 134 valence electrons. The van der Waals surface area contributed by atoms with Crippen molar-refractivity contribution in [1.82, 2.24) is 15.5 Å². The average molecular weight is 351 g/mol. The van der Waals surface area contributed by atoms with Crippen molar-refractivity contribution in [3.63, 3.8) is 0 Å². The molecule has 0 spiro atoms. The second kappa shape index (κ2) is 6.79. The average Bonchev–Trinajstić information content (AvgIpc) is 2.82. The van der Waals surface area contributed by atoms with Crippen molar-refractivity contribution >= 4 is 5.91 Å². The van der Waals surface area contributed by atoms with E-state index in [0.717, 1.165) is 12.1 Å². The molecule has 1 heterocycles. The highest BCUT2D eigenvalue weighted by molar-refractivity contribution is 5.79. The molecule has 1 aliphatic rings. The van der Waals surface area contributed by atoms with E-state index in [1.807, 2.05) is 0 Å². The lowest BCUT2D eigenvalue weighted by molar-refractivity contribution is -0.122. The number of benzene rings is 1. The molecule has 6 nitrogen and oxygen atoms in total. The van der Waals surface area contributed by atoms with Crippen molar-refractivity contribution in [1.29, 1.82) is 0 Å². The summed E-state index contributed by atoms with van der Waals surface area (Å²) in [6, 6.07) is 2.52. The van der Waals surface area contributed by atoms with Gasteiger partial charge >= 0.3 is 0 Å². The Labute approximate surface area is 142 Å². The van der Waals surface area contributed by atoms with Crippen LogP contribution in [0, 0.1) is 24.5 Å². The quantitative estimate of drug-likeness (QED) is 0.656. The number of hydrogen-bond acceptors (Lipinski definition) is 3. The highest BCUT2D eigenvalue weighted by Crippen LogP contribution is 2.39. The Balaban J connectivity index is 1.80. The molecule has 0 radical (unpaired) electrons. The molecule has 0 saturated heterocycles. The monoisotopic (exact) mass is 351 g/mol. The van der Waals surface area contributed by atoms with Gasteiger partial charge < -0.3 is 15.5 Å². The van der Waals surface area contributed by atoms with E-state index < -0.39 is 29.7 Å². The van der Waals surface area contributed by atoms with Gasteiger partial charge in [0.25, 0.3) is 5.56 Å². The van der Waals surface area contributed by atoms with E-state index in [4.69, 9.17) is 0 Å². The number of aliphatic hydroxyl groups is 1. The molecule has 0 unspecified atom stereocenters. The van der Waals surface area contributed by atoms with Gasteiger partial charge in [0, 0.05) is 22.9 Å². The molecule has 3 rings (SSSR count). The van der Waals surface area contributed by atoms with Crippen LogP contribution in [-0.2, 0) is 11.2 Å². The number of carbonyl (C=O) groups excluding carboxylic acids is 1. The van der Waals surface area contributed by atoms with Crippen molar-refractivity contribution in [3.05, 3.63) is 57.0 Å². The normalized spacial score (nSPS) is 20.8. The number of amides is 1. The first kappa shape index (κ1) is 17.3. The lowest BCUT2D eigenvalue weighted by Crippen LogP contribution is -2.42. The van der Waals surface area contributed by atoms with Crippen molar-refractivity contribution in [2.45, 2.75) is 38.3 Å². The van der Waals surface area contributed by atoms with Crippen LogP contribution in [0.25, 0.3) is 0 Å². The number of hydrogen-bond donors (Lipinski definition) is 4. The number of rotatable bonds is 5. The molecule has 1 aromatic carbocycles. The molecule has 0 bridgehead atoms. The zero-order valence-electron chi connectivity index (χ0n) is 13.6. The van der Waals surface area contributed by atoms with Crippen LogP contribution in [0.1, 0.15) is 35.7 Å². The lowest BCUT2D eigenvalue weighted by Gasteiger charge is -2.38. The topological polar surface area (TPSA) is 98.0 Å². The summed E-state index contributed by atoms with van der Waals surface area (Å²) in [5, 5.41) is 17.3. The number of aromatic amines is 2. The fraction of sp³-hybridized carbons (Fsp3) is 0.412. The summed E-state index contributed by atoms with van der Waals surface area (Å²) in [6.45, 7) is 1.67. The maximum Gasteiger partial charge on any atom is 0.267 e. The third-order valence-corrected chi connectivity index (χ3v) is 4.66. The zero-order valence-corrected chi connectivity index (χ0v) is 13.6. The first-order valence-electron chi connectivity index (χ1n) is 8.03. The molecule has 8 heteroatoms. The fourth-order valence-electron chi connectivity index (χ4n) is 3.17. The van der Waals surface area contributed by atoms with Gasteiger partial charge in [-0.15, -0.1) is 0 Å². The van der Waals surface area contributed by atoms with Gasteiger partial charge in [-0.2, -0.15) is 0 Å². The summed E-state index contributed by atoms with van der Waals surface area (Å²) in [7, 11) is 0. The van der Waals surface area contributed by atoms with Crippen molar-refractivity contribution in [3.8, 4) is 0 Å². The maximum atomic E-state index is 14.2. The minimum Gasteiger partial charge on any atom is -0.393 e. The molecule has 1 aliphatic carbocycles. The number of carbonyl (C=O) groups is 1. The molecule has 1 amide bonds. The van der Waals surface area contributed by atoms with Crippen LogP contribution in [0.3, 0.4) is 0 Å². The van der Waals surface area contributed by atoms with Crippen LogP contribution < -0.4 is 10.9 Å². The molecule has 4 N–H and O–H groups in total. The molecule has 1 saturated carbocycles. The summed E-state index contributed by atoms with van der Waals surface area (Å²) in [5.41, 5.74) is 0.663. The van der Waals surface area contributed by atoms with Gasteiger partial charge in [0.2, 0.25) is 5.91 Å². The van der Waals surface area contributed by atoms with Crippen molar-refractivity contribution in [2.24, 2.45) is 5.92 Å². The summed E-state index contributed by atoms with van der Waals surface area (Å²) in [4.78, 5) is 24.0. The molecular formula is C17H19F2N3O3. The Bertz CT molecular complexity index is 840. The van der Waals surface area contributed by atoms with Crippen molar-refractivity contribution in [2.75, 3.05) is 0 Å². The molecule has 2 aromatic rings. The highest BCUT2D eigenvalue weighted by Gasteiger charge is 2.37. The first-order chi connectivity index (χ1) is 11.8. The van der Waals surface area contributed by atoms with E-state index in [0.29, 0.717) is 24.1 Å². The van der Waals surface area contributed by atoms with E-state index in [1.165, 1.54) is 6.07 Å². The highest BCUT2D eigenvalue weighted by atomic mass is 19.1. The van der Waals surface area contributed by atoms with Crippen molar-refractivity contribution < 1.29 is 18.7 Å². The zero-order chi connectivity index (χ0) is 18.1. The lowest BCUT2D eigenvalue weighted by atomic mass is 9.75. The number of nitrogens with one attached hydrogen (secondary N) is 3. The van der Waals surface area contributed by atoms with Crippen LogP contribution in [0.5, 0.6) is 0 Å². The smallest absolute Gasteiger partial charge is 0.267 e.